The molecule has 1 aromatic heterocycles. The quantitative estimate of drug-likeness (QED) is 0.236. The molecule has 0 saturated heterocycles. The van der Waals surface area contributed by atoms with Gasteiger partial charge in [-0.3, -0.25) is 19.6 Å². The Hall–Kier alpha value is -3.41. The summed E-state index contributed by atoms with van der Waals surface area (Å²) in [5.41, 5.74) is 1.03. The van der Waals surface area contributed by atoms with E-state index in [1.165, 1.54) is 22.9 Å². The summed E-state index contributed by atoms with van der Waals surface area (Å²) in [4.78, 5) is 23.4. The molecule has 1 heterocycles. The first-order valence-corrected chi connectivity index (χ1v) is 11.9. The van der Waals surface area contributed by atoms with Crippen LogP contribution in [0.4, 0.5) is 24.5 Å². The Balaban J connectivity index is 1.51. The van der Waals surface area contributed by atoms with Crippen molar-refractivity contribution in [3.8, 4) is 11.5 Å². The molecule has 12 heteroatoms. The molecule has 0 unspecified atom stereocenters. The van der Waals surface area contributed by atoms with Crippen LogP contribution in [0, 0.1) is 24.0 Å². The van der Waals surface area contributed by atoms with E-state index in [2.05, 4.69) is 26.3 Å². The van der Waals surface area contributed by atoms with Crippen molar-refractivity contribution in [1.29, 1.82) is 0 Å². The Bertz CT molecular complexity index is 1340. The van der Waals surface area contributed by atoms with E-state index in [1.807, 2.05) is 26.0 Å². The smallest absolute Gasteiger partial charge is 0.436 e. The van der Waals surface area contributed by atoms with Gasteiger partial charge >= 0.3 is 6.18 Å². The monoisotopic (exact) mass is 566 g/mol. The van der Waals surface area contributed by atoms with Gasteiger partial charge in [0.05, 0.1) is 33.4 Å². The number of aryl methyl sites for hydroxylation is 3. The van der Waals surface area contributed by atoms with Crippen LogP contribution in [0.25, 0.3) is 0 Å². The number of nitro groups is 1. The lowest BCUT2D eigenvalue weighted by Gasteiger charge is -2.12. The molecule has 36 heavy (non-hydrogen) atoms. The average Bonchev–Trinajstić information content (AvgIpc) is 3.56. The molecule has 190 valence electrons. The number of alkyl halides is 3. The zero-order chi connectivity index (χ0) is 26.2. The molecule has 1 N–H and O–H groups in total. The molecule has 1 aliphatic carbocycles. The van der Waals surface area contributed by atoms with Gasteiger partial charge in [0.2, 0.25) is 5.91 Å². The van der Waals surface area contributed by atoms with Gasteiger partial charge in [0.15, 0.2) is 5.69 Å². The fourth-order valence-electron chi connectivity index (χ4n) is 3.75. The van der Waals surface area contributed by atoms with Crippen molar-refractivity contribution in [3.63, 3.8) is 0 Å². The van der Waals surface area contributed by atoms with Crippen molar-refractivity contribution in [2.24, 2.45) is 0 Å². The number of nitrogens with one attached hydrogen (secondary N) is 1. The highest BCUT2D eigenvalue weighted by Crippen LogP contribution is 2.47. The van der Waals surface area contributed by atoms with Gasteiger partial charge in [0, 0.05) is 24.5 Å². The predicted molar refractivity (Wildman–Crippen MR) is 129 cm³/mol. The van der Waals surface area contributed by atoms with E-state index in [0.29, 0.717) is 11.4 Å². The number of hydrogen-bond donors (Lipinski definition) is 1. The second-order valence-corrected chi connectivity index (χ2v) is 9.48. The van der Waals surface area contributed by atoms with Crippen LogP contribution in [0.5, 0.6) is 11.5 Å². The molecule has 0 spiro atoms. The van der Waals surface area contributed by atoms with Crippen molar-refractivity contribution >= 4 is 33.2 Å². The molecule has 0 aliphatic heterocycles. The van der Waals surface area contributed by atoms with Crippen LogP contribution in [0.1, 0.15) is 47.7 Å². The number of nitro benzene ring substituents is 1. The van der Waals surface area contributed by atoms with E-state index >= 15 is 0 Å². The van der Waals surface area contributed by atoms with Crippen LogP contribution < -0.4 is 10.1 Å². The van der Waals surface area contributed by atoms with E-state index in [4.69, 9.17) is 4.74 Å². The number of non-ortho nitro benzene ring substituents is 1. The zero-order valence-corrected chi connectivity index (χ0v) is 20.9. The molecular formula is C24H22BrF3N4O4. The lowest BCUT2D eigenvalue weighted by molar-refractivity contribution is -0.384. The Morgan fingerprint density at radius 1 is 1.25 bits per heavy atom. The summed E-state index contributed by atoms with van der Waals surface area (Å²) in [5, 5.41) is 17.7. The maximum atomic E-state index is 13.3. The highest BCUT2D eigenvalue weighted by atomic mass is 79.9. The Kier molecular flexibility index (Phi) is 7.07. The van der Waals surface area contributed by atoms with Gasteiger partial charge in [-0.15, -0.1) is 0 Å². The summed E-state index contributed by atoms with van der Waals surface area (Å²) in [7, 11) is 0. The number of carbonyl (C=O) groups is 1. The molecule has 1 fully saturated rings. The van der Waals surface area contributed by atoms with Crippen LogP contribution in [0.2, 0.25) is 0 Å². The minimum Gasteiger partial charge on any atom is -0.457 e. The first-order chi connectivity index (χ1) is 16.9. The summed E-state index contributed by atoms with van der Waals surface area (Å²) in [6.07, 6.45) is -3.29. The molecule has 1 amide bonds. The third-order valence-corrected chi connectivity index (χ3v) is 6.45. The zero-order valence-electron chi connectivity index (χ0n) is 19.4. The Morgan fingerprint density at radius 2 is 1.97 bits per heavy atom. The molecule has 8 nitrogen and oxygen atoms in total. The summed E-state index contributed by atoms with van der Waals surface area (Å²) in [6, 6.07) is 9.45. The van der Waals surface area contributed by atoms with Crippen LogP contribution in [-0.2, 0) is 17.5 Å². The number of rotatable bonds is 8. The fourth-order valence-corrected chi connectivity index (χ4v) is 4.58. The summed E-state index contributed by atoms with van der Waals surface area (Å²) in [5.74, 6) is 0.114. The highest BCUT2D eigenvalue weighted by molar-refractivity contribution is 9.10. The summed E-state index contributed by atoms with van der Waals surface area (Å²) >= 11 is 3.02. The molecular weight excluding hydrogens is 545 g/mol. The number of carbonyl (C=O) groups excluding carboxylic acids is 1. The molecule has 0 bridgehead atoms. The third kappa shape index (κ3) is 5.86. The van der Waals surface area contributed by atoms with Crippen LogP contribution >= 0.6 is 15.9 Å². The van der Waals surface area contributed by atoms with Gasteiger partial charge in [-0.1, -0.05) is 12.1 Å². The van der Waals surface area contributed by atoms with Crippen molar-refractivity contribution in [2.75, 3.05) is 5.32 Å². The lowest BCUT2D eigenvalue weighted by atomic mass is 10.1. The second kappa shape index (κ2) is 9.92. The first kappa shape index (κ1) is 25.7. The number of halogens is 4. The number of hydrogen-bond acceptors (Lipinski definition) is 5. The summed E-state index contributed by atoms with van der Waals surface area (Å²) in [6.45, 7) is 3.64. The SMILES string of the molecule is Cc1ccc(C)c(Oc2cc(NC(=O)CCn3nc(C(F)(F)F)c(Br)c3C3CC3)cc([N+](=O)[O-])c2)c1. The van der Waals surface area contributed by atoms with Gasteiger partial charge in [-0.2, -0.15) is 18.3 Å². The van der Waals surface area contributed by atoms with E-state index in [-0.39, 0.29) is 40.5 Å². The molecule has 0 radical (unpaired) electrons. The number of benzene rings is 2. The van der Waals surface area contributed by atoms with Crippen LogP contribution in [0.15, 0.2) is 40.9 Å². The number of aromatic nitrogens is 2. The topological polar surface area (TPSA) is 99.3 Å². The van der Waals surface area contributed by atoms with Crippen molar-refractivity contribution in [3.05, 3.63) is 73.5 Å². The van der Waals surface area contributed by atoms with E-state index in [0.717, 1.165) is 24.0 Å². The van der Waals surface area contributed by atoms with Crippen molar-refractivity contribution in [2.45, 2.75) is 51.7 Å². The summed E-state index contributed by atoms with van der Waals surface area (Å²) < 4.78 is 46.9. The van der Waals surface area contributed by atoms with Gasteiger partial charge in [0.25, 0.3) is 5.69 Å². The third-order valence-electron chi connectivity index (χ3n) is 5.67. The first-order valence-electron chi connectivity index (χ1n) is 11.1. The van der Waals surface area contributed by atoms with Gasteiger partial charge in [0.1, 0.15) is 11.5 Å². The standard InChI is InChI=1S/C24H22BrF3N4O4/c1-13-3-4-14(2)19(9-13)36-18-11-16(10-17(12-18)32(34)35)29-20(33)7-8-31-22(15-5-6-15)21(25)23(30-31)24(26,27)28/h3-4,9-12,15H,5-8H2,1-2H3,(H,29,33). The van der Waals surface area contributed by atoms with Gasteiger partial charge < -0.3 is 10.1 Å². The van der Waals surface area contributed by atoms with E-state index in [9.17, 15) is 28.1 Å². The normalized spacial score (nSPS) is 13.5. The molecule has 1 aliphatic rings. The largest absolute Gasteiger partial charge is 0.457 e. The molecule has 0 atom stereocenters. The maximum absolute atomic E-state index is 13.3. The van der Waals surface area contributed by atoms with Crippen LogP contribution in [0.3, 0.4) is 0 Å². The second-order valence-electron chi connectivity index (χ2n) is 8.68. The van der Waals surface area contributed by atoms with Crippen LogP contribution in [-0.4, -0.2) is 20.6 Å². The van der Waals surface area contributed by atoms with Gasteiger partial charge in [-0.25, -0.2) is 0 Å². The number of nitrogens with zero attached hydrogens (tertiary/aromatic N) is 3. The van der Waals surface area contributed by atoms with Gasteiger partial charge in [-0.05, 0) is 59.8 Å². The maximum Gasteiger partial charge on any atom is 0.436 e. The average molecular weight is 567 g/mol. The van der Waals surface area contributed by atoms with Crippen molar-refractivity contribution in [1.82, 2.24) is 9.78 Å². The number of ether oxygens (including phenoxy) is 1. The van der Waals surface area contributed by atoms with E-state index < -0.39 is 22.7 Å². The molecule has 1 saturated carbocycles. The lowest BCUT2D eigenvalue weighted by Crippen LogP contribution is -2.16. The highest BCUT2D eigenvalue weighted by Gasteiger charge is 2.41. The van der Waals surface area contributed by atoms with Crippen molar-refractivity contribution < 1.29 is 27.6 Å². The minimum absolute atomic E-state index is 0.0346. The Labute approximate surface area is 212 Å². The minimum atomic E-state index is -4.62. The number of amides is 1. The number of anilines is 1. The molecule has 4 rings (SSSR count). The predicted octanol–water partition coefficient (Wildman–Crippen LogP) is 6.89. The molecule has 2 aromatic carbocycles. The fraction of sp³-hybridized carbons (Fsp3) is 0.333. The molecule has 3 aromatic rings. The Morgan fingerprint density at radius 3 is 2.61 bits per heavy atom. The van der Waals surface area contributed by atoms with E-state index in [1.54, 1.807) is 6.07 Å².